The largest absolute Gasteiger partial charge is 0.508 e. The molecule has 0 unspecified atom stereocenters. The first-order chi connectivity index (χ1) is 22.9. The zero-order valence-electron chi connectivity index (χ0n) is 26.5. The van der Waals surface area contributed by atoms with Crippen LogP contribution in [0.25, 0.3) is 54.6 Å². The van der Waals surface area contributed by atoms with E-state index in [1.54, 1.807) is 13.8 Å². The van der Waals surface area contributed by atoms with Crippen molar-refractivity contribution in [1.29, 1.82) is 0 Å². The number of allylic oxidation sites excluding steroid dienone is 10. The average molecular weight is 617 g/mol. The number of para-hydroxylation sites is 1. The normalized spacial score (nSPS) is 17.9. The molecule has 1 heterocycles. The van der Waals surface area contributed by atoms with Crippen molar-refractivity contribution in [3.8, 4) is 0 Å². The van der Waals surface area contributed by atoms with Crippen molar-refractivity contribution >= 4 is 54.6 Å². The van der Waals surface area contributed by atoms with E-state index in [0.29, 0.717) is 12.0 Å². The maximum absolute atomic E-state index is 11.1. The molecule has 1 aliphatic carbocycles. The zero-order chi connectivity index (χ0) is 32.5. The fourth-order valence-corrected chi connectivity index (χ4v) is 6.69. The van der Waals surface area contributed by atoms with E-state index in [0.717, 1.165) is 77.7 Å². The molecule has 6 aromatic rings. The fourth-order valence-electron chi connectivity index (χ4n) is 6.69. The van der Waals surface area contributed by atoms with Crippen molar-refractivity contribution in [2.24, 2.45) is 0 Å². The Morgan fingerprint density at radius 1 is 0.660 bits per heavy atom. The molecule has 0 spiro atoms. The first-order valence-corrected chi connectivity index (χ1v) is 16.0. The standard InChI is InChI=1S/C43H36O4/c1-27(2)42(45)43(46)37(44)26-36-31-17-8-10-19-33(31)40(34-20-11-9-18-32(34)36)29-16-7-5-3-4-6-15-28(25-29)30-22-14-24-39-41(30)35-21-12-13-23-38(35)47-39/h3-5,7-15,17-25,44-46H,6,16,26H2,1-2H3/b4-3-,7-5-,28-15+,29-25+,43-37-. The topological polar surface area (TPSA) is 73.8 Å². The van der Waals surface area contributed by atoms with Gasteiger partial charge in [0.2, 0.25) is 0 Å². The van der Waals surface area contributed by atoms with E-state index in [1.807, 2.05) is 42.5 Å². The summed E-state index contributed by atoms with van der Waals surface area (Å²) in [6.07, 6.45) is 14.7. The highest BCUT2D eigenvalue weighted by Crippen LogP contribution is 2.42. The van der Waals surface area contributed by atoms with Crippen molar-refractivity contribution in [3.05, 3.63) is 167 Å². The maximum Gasteiger partial charge on any atom is 0.196 e. The van der Waals surface area contributed by atoms with Crippen LogP contribution in [0.4, 0.5) is 0 Å². The van der Waals surface area contributed by atoms with Crippen LogP contribution < -0.4 is 0 Å². The van der Waals surface area contributed by atoms with E-state index in [4.69, 9.17) is 4.42 Å². The second-order valence-electron chi connectivity index (χ2n) is 12.2. The second-order valence-corrected chi connectivity index (χ2v) is 12.2. The summed E-state index contributed by atoms with van der Waals surface area (Å²) in [7, 11) is 0. The van der Waals surface area contributed by atoms with Crippen molar-refractivity contribution in [1.82, 2.24) is 0 Å². The lowest BCUT2D eigenvalue weighted by Gasteiger charge is -2.20. The molecule has 0 aliphatic heterocycles. The summed E-state index contributed by atoms with van der Waals surface area (Å²) >= 11 is 0. The Kier molecular flexibility index (Phi) is 8.01. The van der Waals surface area contributed by atoms with Crippen molar-refractivity contribution < 1.29 is 19.7 Å². The Bertz CT molecular complexity index is 2310. The summed E-state index contributed by atoms with van der Waals surface area (Å²) < 4.78 is 6.27. The van der Waals surface area contributed by atoms with Crippen LogP contribution in [-0.2, 0) is 6.42 Å². The fraction of sp³-hybridized carbons (Fsp3) is 0.116. The van der Waals surface area contributed by atoms with E-state index in [9.17, 15) is 15.3 Å². The third-order valence-electron chi connectivity index (χ3n) is 8.92. The average Bonchev–Trinajstić information content (AvgIpc) is 3.48. The molecular weight excluding hydrogens is 580 g/mol. The minimum Gasteiger partial charge on any atom is -0.508 e. The molecule has 0 fully saturated rings. The predicted molar refractivity (Wildman–Crippen MR) is 196 cm³/mol. The molecule has 232 valence electrons. The van der Waals surface area contributed by atoms with E-state index in [-0.39, 0.29) is 17.9 Å². The van der Waals surface area contributed by atoms with Gasteiger partial charge in [-0.15, -0.1) is 0 Å². The smallest absolute Gasteiger partial charge is 0.196 e. The van der Waals surface area contributed by atoms with Crippen LogP contribution in [0.15, 0.2) is 155 Å². The Morgan fingerprint density at radius 2 is 1.28 bits per heavy atom. The molecule has 0 bridgehead atoms. The van der Waals surface area contributed by atoms with Gasteiger partial charge in [0.1, 0.15) is 16.9 Å². The molecule has 4 heteroatoms. The molecule has 7 rings (SSSR count). The molecule has 0 atom stereocenters. The molecule has 0 saturated carbocycles. The highest BCUT2D eigenvalue weighted by atomic mass is 16.3. The summed E-state index contributed by atoms with van der Waals surface area (Å²) in [6.45, 7) is 3.38. The second kappa shape index (κ2) is 12.6. The van der Waals surface area contributed by atoms with Crippen molar-refractivity contribution in [3.63, 3.8) is 0 Å². The monoisotopic (exact) mass is 616 g/mol. The first-order valence-electron chi connectivity index (χ1n) is 16.0. The van der Waals surface area contributed by atoms with Gasteiger partial charge in [-0.05, 0) is 93.8 Å². The zero-order valence-corrected chi connectivity index (χ0v) is 26.5. The number of hydrogen-bond donors (Lipinski definition) is 3. The van der Waals surface area contributed by atoms with Crippen LogP contribution in [0.5, 0.6) is 0 Å². The van der Waals surface area contributed by atoms with Gasteiger partial charge in [-0.2, -0.15) is 0 Å². The van der Waals surface area contributed by atoms with Crippen LogP contribution in [0.1, 0.15) is 43.4 Å². The highest BCUT2D eigenvalue weighted by molar-refractivity contribution is 6.15. The van der Waals surface area contributed by atoms with Crippen LogP contribution in [0.3, 0.4) is 0 Å². The van der Waals surface area contributed by atoms with Gasteiger partial charge in [-0.1, -0.05) is 115 Å². The molecule has 0 saturated heterocycles. The number of aliphatic hydroxyl groups is 3. The SMILES string of the molecule is CC(C)=C(O)/C(O)=C(/O)Cc1c2ccccc2c(/C2=C/C(c3cccc4oc5ccccc5c34)=C\C/C=C\C=C/C2)c2ccccc12. The third kappa shape index (κ3) is 5.53. The van der Waals surface area contributed by atoms with Crippen LogP contribution in [0.2, 0.25) is 0 Å². The van der Waals surface area contributed by atoms with E-state index in [2.05, 4.69) is 85.0 Å². The Hall–Kier alpha value is -5.74. The molecule has 47 heavy (non-hydrogen) atoms. The Balaban J connectivity index is 1.49. The van der Waals surface area contributed by atoms with Gasteiger partial charge in [0.05, 0.1) is 0 Å². The van der Waals surface area contributed by atoms with Gasteiger partial charge in [0.15, 0.2) is 11.5 Å². The summed E-state index contributed by atoms with van der Waals surface area (Å²) in [5, 5.41) is 38.4. The van der Waals surface area contributed by atoms with Gasteiger partial charge < -0.3 is 19.7 Å². The van der Waals surface area contributed by atoms with Crippen LogP contribution in [-0.4, -0.2) is 15.3 Å². The number of benzene rings is 5. The lowest BCUT2D eigenvalue weighted by Crippen LogP contribution is -2.02. The number of hydrogen-bond acceptors (Lipinski definition) is 4. The third-order valence-corrected chi connectivity index (χ3v) is 8.92. The number of furan rings is 1. The molecular formula is C43H36O4. The Labute approximate surface area is 273 Å². The molecule has 5 aromatic carbocycles. The first kappa shape index (κ1) is 29.9. The summed E-state index contributed by atoms with van der Waals surface area (Å²) in [5.41, 5.74) is 7.68. The Morgan fingerprint density at radius 3 is 1.98 bits per heavy atom. The molecule has 1 aromatic heterocycles. The van der Waals surface area contributed by atoms with Crippen LogP contribution in [0, 0.1) is 0 Å². The van der Waals surface area contributed by atoms with E-state index >= 15 is 0 Å². The summed E-state index contributed by atoms with van der Waals surface area (Å²) in [6, 6.07) is 31.0. The van der Waals surface area contributed by atoms with Gasteiger partial charge in [0, 0.05) is 17.2 Å². The summed E-state index contributed by atoms with van der Waals surface area (Å²) in [4.78, 5) is 0. The number of fused-ring (bicyclic) bond motifs is 5. The molecule has 3 N–H and O–H groups in total. The van der Waals surface area contributed by atoms with Crippen molar-refractivity contribution in [2.45, 2.75) is 33.1 Å². The molecule has 0 radical (unpaired) electrons. The minimum absolute atomic E-state index is 0.0644. The maximum atomic E-state index is 11.1. The van der Waals surface area contributed by atoms with E-state index < -0.39 is 5.76 Å². The lowest BCUT2D eigenvalue weighted by atomic mass is 9.84. The van der Waals surface area contributed by atoms with Crippen LogP contribution >= 0.6 is 0 Å². The highest BCUT2D eigenvalue weighted by Gasteiger charge is 2.20. The number of aliphatic hydroxyl groups excluding tert-OH is 3. The van der Waals surface area contributed by atoms with Gasteiger partial charge >= 0.3 is 0 Å². The molecule has 4 nitrogen and oxygen atoms in total. The molecule has 0 amide bonds. The van der Waals surface area contributed by atoms with Crippen molar-refractivity contribution in [2.75, 3.05) is 0 Å². The lowest BCUT2D eigenvalue weighted by molar-refractivity contribution is 0.277. The predicted octanol–water partition coefficient (Wildman–Crippen LogP) is 12.0. The molecule has 1 aliphatic rings. The summed E-state index contributed by atoms with van der Waals surface area (Å²) in [5.74, 6) is -1.07. The quantitative estimate of drug-likeness (QED) is 0.102. The van der Waals surface area contributed by atoms with Gasteiger partial charge in [0.25, 0.3) is 0 Å². The number of rotatable bonds is 5. The van der Waals surface area contributed by atoms with Gasteiger partial charge in [-0.25, -0.2) is 0 Å². The minimum atomic E-state index is -0.494. The van der Waals surface area contributed by atoms with Gasteiger partial charge in [-0.3, -0.25) is 0 Å². The van der Waals surface area contributed by atoms with E-state index in [1.165, 1.54) is 0 Å².